The third kappa shape index (κ3) is 1.24. The second-order valence-electron chi connectivity index (χ2n) is 5.47. The summed E-state index contributed by atoms with van der Waals surface area (Å²) in [5, 5.41) is 3.84. The van der Waals surface area contributed by atoms with E-state index in [2.05, 4.69) is 21.1 Å². The Balaban J connectivity index is 2.03. The van der Waals surface area contributed by atoms with Crippen LogP contribution >= 0.6 is 15.9 Å². The summed E-state index contributed by atoms with van der Waals surface area (Å²) in [5.74, 6) is 1.08. The van der Waals surface area contributed by atoms with Gasteiger partial charge in [0.1, 0.15) is 6.17 Å². The summed E-state index contributed by atoms with van der Waals surface area (Å²) in [7, 11) is 0. The molecule has 1 aromatic heterocycles. The fourth-order valence-corrected chi connectivity index (χ4v) is 3.79. The minimum atomic E-state index is -0.824. The second-order valence-corrected chi connectivity index (χ2v) is 6.39. The molecule has 1 aromatic carbocycles. The van der Waals surface area contributed by atoms with Gasteiger partial charge in [-0.15, -0.1) is 0 Å². The lowest BCUT2D eigenvalue weighted by atomic mass is 9.78. The molecule has 3 atom stereocenters. The summed E-state index contributed by atoms with van der Waals surface area (Å²) >= 11 is 3.45. The Labute approximate surface area is 118 Å². The predicted molar refractivity (Wildman–Crippen MR) is 73.5 cm³/mol. The molecule has 4 rings (SSSR count). The summed E-state index contributed by atoms with van der Waals surface area (Å²) in [6, 6.07) is 5.89. The maximum Gasteiger partial charge on any atom is 0.172 e. The third-order valence-corrected chi connectivity index (χ3v) is 5.14. The first-order valence-electron chi connectivity index (χ1n) is 6.24. The first-order valence-corrected chi connectivity index (χ1v) is 7.03. The molecule has 0 aliphatic heterocycles. The molecule has 2 N–H and O–H groups in total. The number of hydrogen-bond acceptors (Lipinski definition) is 3. The largest absolute Gasteiger partial charge is 0.381 e. The van der Waals surface area contributed by atoms with E-state index < -0.39 is 11.6 Å². The molecule has 1 fully saturated rings. The molecule has 98 valence electrons. The van der Waals surface area contributed by atoms with Crippen LogP contribution < -0.4 is 5.73 Å². The molecule has 19 heavy (non-hydrogen) atoms. The molecule has 2 aliphatic rings. The number of fused-ring (bicyclic) bond motifs is 4. The van der Waals surface area contributed by atoms with Crippen LogP contribution in [0.1, 0.15) is 18.1 Å². The molecular weight excluding hydrogens is 311 g/mol. The van der Waals surface area contributed by atoms with Gasteiger partial charge in [0.25, 0.3) is 0 Å². The van der Waals surface area contributed by atoms with Crippen molar-refractivity contribution in [2.75, 3.05) is 5.73 Å². The highest BCUT2D eigenvalue weighted by Crippen LogP contribution is 2.63. The fraction of sp³-hybridized carbons (Fsp3) is 0.357. The smallest absolute Gasteiger partial charge is 0.172 e. The molecule has 2 aliphatic carbocycles. The first-order chi connectivity index (χ1) is 9.05. The van der Waals surface area contributed by atoms with E-state index in [0.717, 1.165) is 21.2 Å². The standard InChI is InChI=1S/C14H12BrFN2O/c1-6-12(16)14(6)5-9-11(19-18-13(9)17)8-4-7(15)2-3-10(8)14/h2-4,6,12H,5H2,1H3,(H2,17,18)/t6-,12-,14+/m0/s1. The van der Waals surface area contributed by atoms with E-state index in [9.17, 15) is 4.39 Å². The van der Waals surface area contributed by atoms with Crippen molar-refractivity contribution in [2.45, 2.75) is 24.9 Å². The van der Waals surface area contributed by atoms with Crippen molar-refractivity contribution in [3.05, 3.63) is 33.8 Å². The average Bonchev–Trinajstić information content (AvgIpc) is 2.73. The van der Waals surface area contributed by atoms with Crippen molar-refractivity contribution < 1.29 is 8.91 Å². The zero-order valence-corrected chi connectivity index (χ0v) is 11.9. The molecule has 0 bridgehead atoms. The molecule has 3 nitrogen and oxygen atoms in total. The number of nitrogen functional groups attached to an aromatic ring is 1. The number of rotatable bonds is 0. The van der Waals surface area contributed by atoms with E-state index >= 15 is 0 Å². The summed E-state index contributed by atoms with van der Waals surface area (Å²) in [5.41, 5.74) is 8.18. The Hall–Kier alpha value is -1.36. The number of aromatic nitrogens is 1. The normalized spacial score (nSPS) is 31.1. The molecule has 0 unspecified atom stereocenters. The lowest BCUT2D eigenvalue weighted by molar-refractivity contribution is 0.406. The molecule has 1 spiro atoms. The molecule has 5 heteroatoms. The van der Waals surface area contributed by atoms with Gasteiger partial charge in [0.15, 0.2) is 11.6 Å². The number of nitrogens with two attached hydrogens (primary N) is 1. The van der Waals surface area contributed by atoms with Crippen molar-refractivity contribution in [3.8, 4) is 11.3 Å². The van der Waals surface area contributed by atoms with Crippen LogP contribution in [0.3, 0.4) is 0 Å². The summed E-state index contributed by atoms with van der Waals surface area (Å²) < 4.78 is 20.5. The van der Waals surface area contributed by atoms with Gasteiger partial charge in [-0.1, -0.05) is 34.1 Å². The quantitative estimate of drug-likeness (QED) is 0.808. The second kappa shape index (κ2) is 3.39. The van der Waals surface area contributed by atoms with Gasteiger partial charge in [0.2, 0.25) is 0 Å². The average molecular weight is 323 g/mol. The first kappa shape index (κ1) is 11.5. The molecule has 1 saturated carbocycles. The highest BCUT2D eigenvalue weighted by atomic mass is 79.9. The highest BCUT2D eigenvalue weighted by molar-refractivity contribution is 9.10. The Morgan fingerprint density at radius 3 is 2.95 bits per heavy atom. The van der Waals surface area contributed by atoms with Crippen molar-refractivity contribution in [2.24, 2.45) is 5.92 Å². The molecule has 0 saturated heterocycles. The van der Waals surface area contributed by atoms with Gasteiger partial charge in [-0.25, -0.2) is 4.39 Å². The maximum absolute atomic E-state index is 14.3. The topological polar surface area (TPSA) is 52.0 Å². The molecule has 1 heterocycles. The number of nitrogens with zero attached hydrogens (tertiary/aromatic N) is 1. The van der Waals surface area contributed by atoms with Crippen molar-refractivity contribution in [1.29, 1.82) is 0 Å². The van der Waals surface area contributed by atoms with Gasteiger partial charge in [-0.2, -0.15) is 0 Å². The van der Waals surface area contributed by atoms with Crippen LogP contribution in [0, 0.1) is 5.92 Å². The van der Waals surface area contributed by atoms with E-state index in [-0.39, 0.29) is 5.92 Å². The van der Waals surface area contributed by atoms with Crippen LogP contribution in [0.2, 0.25) is 0 Å². The Morgan fingerprint density at radius 2 is 2.26 bits per heavy atom. The van der Waals surface area contributed by atoms with Gasteiger partial charge in [-0.3, -0.25) is 0 Å². The lowest BCUT2D eigenvalue weighted by Crippen LogP contribution is -2.22. The van der Waals surface area contributed by atoms with Crippen molar-refractivity contribution in [1.82, 2.24) is 5.16 Å². The van der Waals surface area contributed by atoms with E-state index in [1.54, 1.807) is 0 Å². The predicted octanol–water partition coefficient (Wildman–Crippen LogP) is 3.47. The van der Waals surface area contributed by atoms with Gasteiger partial charge >= 0.3 is 0 Å². The fourth-order valence-electron chi connectivity index (χ4n) is 3.43. The zero-order valence-electron chi connectivity index (χ0n) is 10.3. The Bertz CT molecular complexity index is 689. The van der Waals surface area contributed by atoms with Crippen LogP contribution in [0.5, 0.6) is 0 Å². The van der Waals surface area contributed by atoms with Crippen LogP contribution in [-0.2, 0) is 11.8 Å². The highest BCUT2D eigenvalue weighted by Gasteiger charge is 2.66. The van der Waals surface area contributed by atoms with Crippen LogP contribution in [0.4, 0.5) is 10.2 Å². The van der Waals surface area contributed by atoms with Crippen LogP contribution in [0.15, 0.2) is 27.2 Å². The number of anilines is 1. The maximum atomic E-state index is 14.3. The summed E-state index contributed by atoms with van der Waals surface area (Å²) in [6.45, 7) is 1.95. The molecule has 0 radical (unpaired) electrons. The van der Waals surface area contributed by atoms with Crippen LogP contribution in [0.25, 0.3) is 11.3 Å². The SMILES string of the molecule is C[C@H]1[C@H](F)[C@]12Cc1c(N)noc1-c1cc(Br)ccc12. The molecular formula is C14H12BrFN2O. The minimum absolute atomic E-state index is 0.00914. The third-order valence-electron chi connectivity index (χ3n) is 4.65. The number of hydrogen-bond donors (Lipinski definition) is 1. The number of halogens is 2. The van der Waals surface area contributed by atoms with E-state index in [0.29, 0.717) is 18.0 Å². The summed E-state index contributed by atoms with van der Waals surface area (Å²) in [4.78, 5) is 0. The van der Waals surface area contributed by atoms with E-state index in [1.807, 2.05) is 25.1 Å². The lowest BCUT2D eigenvalue weighted by Gasteiger charge is -2.25. The monoisotopic (exact) mass is 322 g/mol. The Kier molecular flexibility index (Phi) is 2.05. The van der Waals surface area contributed by atoms with Gasteiger partial charge in [0, 0.05) is 26.9 Å². The minimum Gasteiger partial charge on any atom is -0.381 e. The van der Waals surface area contributed by atoms with Crippen molar-refractivity contribution >= 4 is 21.7 Å². The molecule has 2 aromatic rings. The summed E-state index contributed by atoms with van der Waals surface area (Å²) in [6.07, 6.45) is -0.246. The van der Waals surface area contributed by atoms with Crippen molar-refractivity contribution in [3.63, 3.8) is 0 Å². The van der Waals surface area contributed by atoms with Gasteiger partial charge in [-0.05, 0) is 24.1 Å². The zero-order chi connectivity index (χ0) is 13.4. The number of benzene rings is 1. The molecule has 0 amide bonds. The Morgan fingerprint density at radius 1 is 1.53 bits per heavy atom. The van der Waals surface area contributed by atoms with E-state index in [4.69, 9.17) is 10.3 Å². The van der Waals surface area contributed by atoms with Crippen LogP contribution in [-0.4, -0.2) is 11.3 Å². The van der Waals surface area contributed by atoms with E-state index in [1.165, 1.54) is 0 Å². The van der Waals surface area contributed by atoms with Gasteiger partial charge in [0.05, 0.1) is 0 Å². The van der Waals surface area contributed by atoms with Gasteiger partial charge < -0.3 is 10.3 Å². The number of alkyl halides is 1.